The van der Waals surface area contributed by atoms with Crippen molar-refractivity contribution in [3.63, 3.8) is 0 Å². The second kappa shape index (κ2) is 5.54. The number of Topliss-reactive ketones (excluding diaryl/α,β-unsaturated/α-hetero) is 1. The van der Waals surface area contributed by atoms with Gasteiger partial charge in [-0.05, 0) is 35.6 Å². The van der Waals surface area contributed by atoms with Crippen molar-refractivity contribution in [1.82, 2.24) is 9.59 Å². The summed E-state index contributed by atoms with van der Waals surface area (Å²) in [6, 6.07) is 7.73. The van der Waals surface area contributed by atoms with Crippen molar-refractivity contribution >= 4 is 17.3 Å². The normalized spacial score (nSPS) is 10.2. The van der Waals surface area contributed by atoms with Crippen LogP contribution in [0.2, 0.25) is 0 Å². The molecule has 0 spiro atoms. The van der Waals surface area contributed by atoms with E-state index in [9.17, 15) is 4.79 Å². The molecule has 17 heavy (non-hydrogen) atoms. The Balaban J connectivity index is 1.91. The molecule has 1 aromatic carbocycles. The summed E-state index contributed by atoms with van der Waals surface area (Å²) in [5, 5.41) is 3.65. The van der Waals surface area contributed by atoms with Crippen molar-refractivity contribution in [2.45, 2.75) is 12.8 Å². The fourth-order valence-corrected chi connectivity index (χ4v) is 1.94. The topological polar surface area (TPSA) is 52.1 Å². The molecule has 0 saturated carbocycles. The fraction of sp³-hybridized carbons (Fsp3) is 0.250. The van der Waals surface area contributed by atoms with Crippen LogP contribution in [0.1, 0.15) is 21.7 Å². The van der Waals surface area contributed by atoms with Crippen LogP contribution in [0.4, 0.5) is 0 Å². The summed E-state index contributed by atoms with van der Waals surface area (Å²) in [6.07, 6.45) is 2.72. The number of methoxy groups -OCH3 is 1. The van der Waals surface area contributed by atoms with E-state index in [1.54, 1.807) is 7.11 Å². The zero-order chi connectivity index (χ0) is 12.1. The van der Waals surface area contributed by atoms with E-state index in [1.807, 2.05) is 24.3 Å². The van der Waals surface area contributed by atoms with Gasteiger partial charge in [0, 0.05) is 6.42 Å². The van der Waals surface area contributed by atoms with Gasteiger partial charge in [-0.1, -0.05) is 16.6 Å². The number of ether oxygens (including phenoxy) is 1. The van der Waals surface area contributed by atoms with Crippen LogP contribution in [-0.2, 0) is 6.42 Å². The molecule has 2 aromatic rings. The summed E-state index contributed by atoms with van der Waals surface area (Å²) in [5.41, 5.74) is 1.12. The van der Waals surface area contributed by atoms with Crippen molar-refractivity contribution in [2.24, 2.45) is 0 Å². The lowest BCUT2D eigenvalue weighted by Crippen LogP contribution is -1.98. The SMILES string of the molecule is COc1ccc(CCC(=O)c2cnns2)cc1. The van der Waals surface area contributed by atoms with Gasteiger partial charge in [0.2, 0.25) is 0 Å². The summed E-state index contributed by atoms with van der Waals surface area (Å²) in [6.45, 7) is 0. The molecule has 0 unspecified atom stereocenters. The summed E-state index contributed by atoms with van der Waals surface area (Å²) < 4.78 is 8.75. The molecule has 1 heterocycles. The van der Waals surface area contributed by atoms with E-state index < -0.39 is 0 Å². The third-order valence-electron chi connectivity index (χ3n) is 2.44. The van der Waals surface area contributed by atoms with Crippen LogP contribution >= 0.6 is 11.5 Å². The minimum Gasteiger partial charge on any atom is -0.497 e. The molecule has 0 bridgehead atoms. The van der Waals surface area contributed by atoms with Crippen molar-refractivity contribution < 1.29 is 9.53 Å². The Bertz CT molecular complexity index is 480. The van der Waals surface area contributed by atoms with Crippen LogP contribution in [0.3, 0.4) is 0 Å². The molecule has 0 aliphatic rings. The van der Waals surface area contributed by atoms with Gasteiger partial charge in [-0.2, -0.15) is 0 Å². The minimum absolute atomic E-state index is 0.0934. The van der Waals surface area contributed by atoms with Crippen LogP contribution < -0.4 is 4.74 Å². The lowest BCUT2D eigenvalue weighted by atomic mass is 10.1. The second-order valence-electron chi connectivity index (χ2n) is 3.55. The fourth-order valence-electron chi connectivity index (χ4n) is 1.46. The predicted octanol–water partition coefficient (Wildman–Crippen LogP) is 2.36. The number of benzene rings is 1. The van der Waals surface area contributed by atoms with Crippen molar-refractivity contribution in [1.29, 1.82) is 0 Å². The number of hydrogen-bond acceptors (Lipinski definition) is 5. The first-order valence-corrected chi connectivity index (χ1v) is 6.00. The number of aryl methyl sites for hydroxylation is 1. The summed E-state index contributed by atoms with van der Waals surface area (Å²) in [4.78, 5) is 12.3. The molecule has 4 nitrogen and oxygen atoms in total. The van der Waals surface area contributed by atoms with Crippen molar-refractivity contribution in [3.05, 3.63) is 40.9 Å². The van der Waals surface area contributed by atoms with E-state index in [4.69, 9.17) is 4.74 Å². The Morgan fingerprint density at radius 2 is 2.12 bits per heavy atom. The van der Waals surface area contributed by atoms with Gasteiger partial charge in [-0.25, -0.2) is 0 Å². The quantitative estimate of drug-likeness (QED) is 0.762. The number of carbonyl (C=O) groups excluding carboxylic acids is 1. The molecule has 0 fully saturated rings. The number of hydrogen-bond donors (Lipinski definition) is 0. The average Bonchev–Trinajstić information content (AvgIpc) is 2.90. The molecular weight excluding hydrogens is 236 g/mol. The average molecular weight is 248 g/mol. The van der Waals surface area contributed by atoms with E-state index in [2.05, 4.69) is 9.59 Å². The minimum atomic E-state index is 0.0934. The molecule has 0 atom stereocenters. The maximum Gasteiger partial charge on any atom is 0.176 e. The molecule has 5 heteroatoms. The van der Waals surface area contributed by atoms with Crippen LogP contribution in [0.25, 0.3) is 0 Å². The van der Waals surface area contributed by atoms with Crippen LogP contribution in [0.5, 0.6) is 5.75 Å². The lowest BCUT2D eigenvalue weighted by molar-refractivity contribution is 0.0986. The highest BCUT2D eigenvalue weighted by atomic mass is 32.1. The first-order valence-electron chi connectivity index (χ1n) is 5.23. The van der Waals surface area contributed by atoms with Crippen molar-refractivity contribution in [2.75, 3.05) is 7.11 Å². The van der Waals surface area contributed by atoms with Gasteiger partial charge in [0.1, 0.15) is 10.6 Å². The first kappa shape index (κ1) is 11.7. The number of aromatic nitrogens is 2. The van der Waals surface area contributed by atoms with E-state index in [-0.39, 0.29) is 5.78 Å². The van der Waals surface area contributed by atoms with Gasteiger partial charge in [-0.3, -0.25) is 4.79 Å². The Morgan fingerprint density at radius 1 is 1.35 bits per heavy atom. The highest BCUT2D eigenvalue weighted by Gasteiger charge is 2.08. The molecular formula is C12H12N2O2S. The Labute approximate surface area is 103 Å². The van der Waals surface area contributed by atoms with E-state index >= 15 is 0 Å². The second-order valence-corrected chi connectivity index (χ2v) is 4.34. The smallest absolute Gasteiger partial charge is 0.176 e. The van der Waals surface area contributed by atoms with Crippen molar-refractivity contribution in [3.8, 4) is 5.75 Å². The monoisotopic (exact) mass is 248 g/mol. The summed E-state index contributed by atoms with van der Waals surface area (Å²) in [7, 11) is 1.63. The maximum atomic E-state index is 11.7. The summed E-state index contributed by atoms with van der Waals surface area (Å²) in [5.74, 6) is 0.919. The molecule has 1 aromatic heterocycles. The Morgan fingerprint density at radius 3 is 2.71 bits per heavy atom. The van der Waals surface area contributed by atoms with Gasteiger partial charge in [0.15, 0.2) is 5.78 Å². The largest absolute Gasteiger partial charge is 0.497 e. The third kappa shape index (κ3) is 3.10. The van der Waals surface area contributed by atoms with Gasteiger partial charge in [0.05, 0.1) is 13.3 Å². The van der Waals surface area contributed by atoms with Gasteiger partial charge in [-0.15, -0.1) is 5.10 Å². The van der Waals surface area contributed by atoms with Crippen LogP contribution in [0.15, 0.2) is 30.5 Å². The zero-order valence-electron chi connectivity index (χ0n) is 9.42. The highest BCUT2D eigenvalue weighted by Crippen LogP contribution is 2.14. The Hall–Kier alpha value is -1.75. The first-order chi connectivity index (χ1) is 8.29. The number of carbonyl (C=O) groups is 1. The van der Waals surface area contributed by atoms with Gasteiger partial charge < -0.3 is 4.74 Å². The molecule has 0 amide bonds. The van der Waals surface area contributed by atoms with Gasteiger partial charge >= 0.3 is 0 Å². The number of rotatable bonds is 5. The predicted molar refractivity (Wildman–Crippen MR) is 65.6 cm³/mol. The van der Waals surface area contributed by atoms with E-state index in [0.717, 1.165) is 29.3 Å². The van der Waals surface area contributed by atoms with Crippen LogP contribution in [-0.4, -0.2) is 22.5 Å². The van der Waals surface area contributed by atoms with E-state index in [0.29, 0.717) is 11.3 Å². The molecule has 0 radical (unpaired) electrons. The molecule has 0 aliphatic heterocycles. The maximum absolute atomic E-state index is 11.7. The molecule has 0 aliphatic carbocycles. The third-order valence-corrected chi connectivity index (χ3v) is 3.14. The standard InChI is InChI=1S/C12H12N2O2S/c1-16-10-5-2-9(3-6-10)4-7-11(15)12-8-13-14-17-12/h2-3,5-6,8H,4,7H2,1H3. The van der Waals surface area contributed by atoms with E-state index in [1.165, 1.54) is 6.20 Å². The molecule has 0 N–H and O–H groups in total. The zero-order valence-corrected chi connectivity index (χ0v) is 10.2. The molecule has 2 rings (SSSR count). The number of nitrogens with zero attached hydrogens (tertiary/aromatic N) is 2. The molecule has 0 saturated heterocycles. The molecule has 88 valence electrons. The lowest BCUT2D eigenvalue weighted by Gasteiger charge is -2.02. The Kier molecular flexibility index (Phi) is 3.82. The van der Waals surface area contributed by atoms with Gasteiger partial charge in [0.25, 0.3) is 0 Å². The summed E-state index contributed by atoms with van der Waals surface area (Å²) >= 11 is 1.14. The number of ketones is 1. The van der Waals surface area contributed by atoms with Crippen LogP contribution in [0, 0.1) is 0 Å². The highest BCUT2D eigenvalue weighted by molar-refractivity contribution is 7.07.